The van der Waals surface area contributed by atoms with Crippen LogP contribution in [0.3, 0.4) is 0 Å². The predicted molar refractivity (Wildman–Crippen MR) is 47.2 cm³/mol. The van der Waals surface area contributed by atoms with E-state index in [1.165, 1.54) is 19.4 Å². The molecule has 1 heterocycles. The second-order valence-corrected chi connectivity index (χ2v) is 2.99. The Labute approximate surface area is 65.2 Å². The summed E-state index contributed by atoms with van der Waals surface area (Å²) in [5, 5.41) is 3.43. The second-order valence-electron chi connectivity index (χ2n) is 2.99. The van der Waals surface area contributed by atoms with Crippen LogP contribution in [0, 0.1) is 5.92 Å². The summed E-state index contributed by atoms with van der Waals surface area (Å²) < 4.78 is 0. The Morgan fingerprint density at radius 3 is 2.00 bits per heavy atom. The molecule has 0 bridgehead atoms. The summed E-state index contributed by atoms with van der Waals surface area (Å²) in [6, 6.07) is 0.770. The van der Waals surface area contributed by atoms with Crippen molar-refractivity contribution >= 4 is 0 Å². The van der Waals surface area contributed by atoms with Gasteiger partial charge < -0.3 is 5.32 Å². The van der Waals surface area contributed by atoms with Gasteiger partial charge in [-0.3, -0.25) is 0 Å². The molecular weight excluding hydrogens is 122 g/mol. The molecule has 0 aromatic carbocycles. The van der Waals surface area contributed by atoms with Crippen LogP contribution in [0.2, 0.25) is 0 Å². The highest BCUT2D eigenvalue weighted by Gasteiger charge is 2.11. The molecule has 2 atom stereocenters. The number of piperidine rings is 1. The van der Waals surface area contributed by atoms with E-state index in [1.807, 2.05) is 13.8 Å². The van der Waals surface area contributed by atoms with Crippen molar-refractivity contribution in [1.29, 1.82) is 0 Å². The van der Waals surface area contributed by atoms with Gasteiger partial charge in [0, 0.05) is 6.04 Å². The van der Waals surface area contributed by atoms with E-state index in [0.29, 0.717) is 0 Å². The molecule has 1 heteroatoms. The van der Waals surface area contributed by atoms with E-state index >= 15 is 0 Å². The lowest BCUT2D eigenvalue weighted by atomic mass is 9.98. The van der Waals surface area contributed by atoms with Crippen molar-refractivity contribution in [3.8, 4) is 0 Å². The first-order valence-corrected chi connectivity index (χ1v) is 4.52. The van der Waals surface area contributed by atoms with Crippen LogP contribution in [0.15, 0.2) is 0 Å². The minimum absolute atomic E-state index is 0.770. The lowest BCUT2D eigenvalue weighted by Gasteiger charge is -2.24. The first kappa shape index (κ1) is 9.96. The summed E-state index contributed by atoms with van der Waals surface area (Å²) in [4.78, 5) is 0. The standard InChI is InChI=1S/C7H15N.C2H6/c1-6-3-4-7(2)8-5-6;1-2/h6-8H,3-5H2,1-2H3;1-2H3/t6?,7-;/m0./s1. The fourth-order valence-corrected chi connectivity index (χ4v) is 1.14. The predicted octanol–water partition coefficient (Wildman–Crippen LogP) is 2.42. The number of rotatable bonds is 0. The molecule has 1 nitrogen and oxygen atoms in total. The Morgan fingerprint density at radius 2 is 1.70 bits per heavy atom. The van der Waals surface area contributed by atoms with Crippen LogP contribution in [-0.4, -0.2) is 12.6 Å². The van der Waals surface area contributed by atoms with Crippen molar-refractivity contribution in [2.45, 2.75) is 46.6 Å². The van der Waals surface area contributed by atoms with Gasteiger partial charge in [-0.05, 0) is 32.2 Å². The Morgan fingerprint density at radius 1 is 1.10 bits per heavy atom. The normalized spacial score (nSPS) is 32.4. The molecule has 0 aromatic heterocycles. The summed E-state index contributed by atoms with van der Waals surface area (Å²) in [6.45, 7) is 9.78. The van der Waals surface area contributed by atoms with Crippen LogP contribution in [0.1, 0.15) is 40.5 Å². The fourth-order valence-electron chi connectivity index (χ4n) is 1.14. The van der Waals surface area contributed by atoms with E-state index in [2.05, 4.69) is 19.2 Å². The quantitative estimate of drug-likeness (QED) is 0.549. The Hall–Kier alpha value is -0.0400. The maximum Gasteiger partial charge on any atom is 0.00389 e. The largest absolute Gasteiger partial charge is 0.314 e. The molecule has 0 spiro atoms. The van der Waals surface area contributed by atoms with Gasteiger partial charge >= 0.3 is 0 Å². The molecule has 1 saturated heterocycles. The zero-order valence-electron chi connectivity index (χ0n) is 7.78. The Kier molecular flexibility index (Phi) is 5.70. The van der Waals surface area contributed by atoms with Gasteiger partial charge in [-0.15, -0.1) is 0 Å². The molecule has 0 radical (unpaired) electrons. The van der Waals surface area contributed by atoms with Crippen LogP contribution in [0.25, 0.3) is 0 Å². The summed E-state index contributed by atoms with van der Waals surface area (Å²) in [5.74, 6) is 0.909. The number of hydrogen-bond acceptors (Lipinski definition) is 1. The smallest absolute Gasteiger partial charge is 0.00389 e. The van der Waals surface area contributed by atoms with Gasteiger partial charge in [-0.1, -0.05) is 20.8 Å². The SMILES string of the molecule is CC.CC1CC[C@H](C)NC1. The van der Waals surface area contributed by atoms with Gasteiger partial charge in [0.15, 0.2) is 0 Å². The maximum atomic E-state index is 3.43. The van der Waals surface area contributed by atoms with Gasteiger partial charge in [0.25, 0.3) is 0 Å². The minimum Gasteiger partial charge on any atom is -0.314 e. The van der Waals surface area contributed by atoms with E-state index in [4.69, 9.17) is 0 Å². The van der Waals surface area contributed by atoms with Crippen LogP contribution < -0.4 is 5.32 Å². The average Bonchev–Trinajstić information content (AvgIpc) is 2.00. The molecule has 10 heavy (non-hydrogen) atoms. The Bertz CT molecular complexity index is 53.1. The maximum absolute atomic E-state index is 3.43. The Balaban J connectivity index is 0.000000371. The van der Waals surface area contributed by atoms with Gasteiger partial charge in [0.2, 0.25) is 0 Å². The van der Waals surface area contributed by atoms with E-state index < -0.39 is 0 Å². The molecule has 1 rings (SSSR count). The van der Waals surface area contributed by atoms with Crippen molar-refractivity contribution in [2.75, 3.05) is 6.54 Å². The van der Waals surface area contributed by atoms with Crippen molar-refractivity contribution < 1.29 is 0 Å². The topological polar surface area (TPSA) is 12.0 Å². The van der Waals surface area contributed by atoms with Gasteiger partial charge in [0.05, 0.1) is 0 Å². The molecule has 1 aliphatic heterocycles. The van der Waals surface area contributed by atoms with E-state index in [1.54, 1.807) is 0 Å². The minimum atomic E-state index is 0.770. The van der Waals surface area contributed by atoms with E-state index in [0.717, 1.165) is 12.0 Å². The second kappa shape index (κ2) is 5.72. The molecule has 1 fully saturated rings. The van der Waals surface area contributed by atoms with Crippen LogP contribution in [0.4, 0.5) is 0 Å². The van der Waals surface area contributed by atoms with Gasteiger partial charge in [-0.25, -0.2) is 0 Å². The summed E-state index contributed by atoms with van der Waals surface area (Å²) in [7, 11) is 0. The highest BCUT2D eigenvalue weighted by Crippen LogP contribution is 2.11. The highest BCUT2D eigenvalue weighted by atomic mass is 14.9. The van der Waals surface area contributed by atoms with Crippen LogP contribution in [0.5, 0.6) is 0 Å². The third kappa shape index (κ3) is 3.89. The molecule has 0 aliphatic carbocycles. The lowest BCUT2D eigenvalue weighted by Crippen LogP contribution is -2.35. The van der Waals surface area contributed by atoms with Gasteiger partial charge in [0.1, 0.15) is 0 Å². The average molecular weight is 143 g/mol. The molecule has 1 aliphatic rings. The number of hydrogen-bond donors (Lipinski definition) is 1. The van der Waals surface area contributed by atoms with Crippen molar-refractivity contribution in [3.63, 3.8) is 0 Å². The molecule has 1 unspecified atom stereocenters. The van der Waals surface area contributed by atoms with Crippen LogP contribution >= 0.6 is 0 Å². The number of nitrogens with one attached hydrogen (secondary N) is 1. The van der Waals surface area contributed by atoms with Crippen LogP contribution in [-0.2, 0) is 0 Å². The van der Waals surface area contributed by atoms with Crippen molar-refractivity contribution in [3.05, 3.63) is 0 Å². The van der Waals surface area contributed by atoms with E-state index in [-0.39, 0.29) is 0 Å². The third-order valence-electron chi connectivity index (χ3n) is 1.91. The zero-order valence-corrected chi connectivity index (χ0v) is 7.78. The first-order chi connectivity index (χ1) is 4.79. The molecular formula is C9H21N. The summed E-state index contributed by atoms with van der Waals surface area (Å²) in [5.41, 5.74) is 0. The molecule has 1 N–H and O–H groups in total. The molecule has 0 aromatic rings. The first-order valence-electron chi connectivity index (χ1n) is 4.52. The molecule has 0 amide bonds. The third-order valence-corrected chi connectivity index (χ3v) is 1.91. The highest BCUT2D eigenvalue weighted by molar-refractivity contribution is 4.71. The van der Waals surface area contributed by atoms with Crippen molar-refractivity contribution in [1.82, 2.24) is 5.32 Å². The molecule has 62 valence electrons. The zero-order chi connectivity index (χ0) is 7.98. The summed E-state index contributed by atoms with van der Waals surface area (Å²) in [6.07, 6.45) is 2.77. The molecule has 0 saturated carbocycles. The lowest BCUT2D eigenvalue weighted by molar-refractivity contribution is 0.343. The van der Waals surface area contributed by atoms with Crippen molar-refractivity contribution in [2.24, 2.45) is 5.92 Å². The fraction of sp³-hybridized carbons (Fsp3) is 1.00. The van der Waals surface area contributed by atoms with E-state index in [9.17, 15) is 0 Å². The summed E-state index contributed by atoms with van der Waals surface area (Å²) >= 11 is 0. The monoisotopic (exact) mass is 143 g/mol. The van der Waals surface area contributed by atoms with Gasteiger partial charge in [-0.2, -0.15) is 0 Å².